The molecule has 6 heteroatoms. The molecule has 0 aliphatic carbocycles. The Labute approximate surface area is 101 Å². The first kappa shape index (κ1) is 11.2. The lowest BCUT2D eigenvalue weighted by molar-refractivity contribution is -0.123. The number of nitrogens with zero attached hydrogens (tertiary/aromatic N) is 2. The summed E-state index contributed by atoms with van der Waals surface area (Å²) in [6.07, 6.45) is 1.42. The summed E-state index contributed by atoms with van der Waals surface area (Å²) in [5.74, 6) is -0.171. The van der Waals surface area contributed by atoms with Crippen LogP contribution < -0.4 is 0 Å². The molecule has 0 aromatic heterocycles. The van der Waals surface area contributed by atoms with Crippen LogP contribution in [0.1, 0.15) is 5.56 Å². The lowest BCUT2D eigenvalue weighted by Gasteiger charge is -2.05. The Kier molecular flexibility index (Phi) is 3.31. The molecular weight excluding hydrogens is 247 g/mol. The molecule has 1 aromatic rings. The first-order valence-electron chi connectivity index (χ1n) is 4.46. The molecule has 1 aromatic carbocycles. The Bertz CT molecular complexity index is 460. The topological polar surface area (TPSA) is 32.7 Å². The van der Waals surface area contributed by atoms with Crippen LogP contribution in [0, 0.1) is 5.82 Å². The summed E-state index contributed by atoms with van der Waals surface area (Å²) in [6, 6.07) is 5.96. The van der Waals surface area contributed by atoms with Crippen molar-refractivity contribution >= 4 is 40.4 Å². The first-order valence-corrected chi connectivity index (χ1v) is 5.85. The second kappa shape index (κ2) is 4.71. The van der Waals surface area contributed by atoms with Gasteiger partial charge in [-0.15, -0.1) is 0 Å². The van der Waals surface area contributed by atoms with Gasteiger partial charge in [0.15, 0.2) is 4.32 Å². The Morgan fingerprint density at radius 3 is 3.00 bits per heavy atom. The highest BCUT2D eigenvalue weighted by Gasteiger charge is 2.25. The number of hydrogen-bond donors (Lipinski definition) is 0. The zero-order chi connectivity index (χ0) is 11.5. The molecule has 2 rings (SSSR count). The Balaban J connectivity index is 2.15. The quantitative estimate of drug-likeness (QED) is 0.598. The number of carbonyl (C=O) groups is 1. The van der Waals surface area contributed by atoms with Crippen molar-refractivity contribution in [2.75, 3.05) is 5.75 Å². The van der Waals surface area contributed by atoms with Crippen LogP contribution in [0.3, 0.4) is 0 Å². The van der Waals surface area contributed by atoms with E-state index in [1.807, 2.05) is 0 Å². The molecule has 1 aliphatic rings. The monoisotopic (exact) mass is 254 g/mol. The smallest absolute Gasteiger partial charge is 0.259 e. The highest BCUT2D eigenvalue weighted by atomic mass is 32.2. The third-order valence-corrected chi connectivity index (χ3v) is 3.24. The number of halogens is 1. The molecule has 3 nitrogen and oxygen atoms in total. The van der Waals surface area contributed by atoms with Crippen LogP contribution in [0.5, 0.6) is 0 Å². The summed E-state index contributed by atoms with van der Waals surface area (Å²) in [6.45, 7) is 0. The minimum absolute atomic E-state index is 0.150. The van der Waals surface area contributed by atoms with Crippen molar-refractivity contribution in [3.63, 3.8) is 0 Å². The maximum absolute atomic E-state index is 12.8. The highest BCUT2D eigenvalue weighted by Crippen LogP contribution is 2.19. The van der Waals surface area contributed by atoms with E-state index in [1.165, 1.54) is 30.1 Å². The van der Waals surface area contributed by atoms with E-state index in [0.29, 0.717) is 15.6 Å². The lowest BCUT2D eigenvalue weighted by Crippen LogP contribution is -2.22. The predicted octanol–water partition coefficient (Wildman–Crippen LogP) is 2.02. The van der Waals surface area contributed by atoms with E-state index in [1.54, 1.807) is 12.1 Å². The van der Waals surface area contributed by atoms with Crippen LogP contribution in [-0.2, 0) is 4.79 Å². The summed E-state index contributed by atoms with van der Waals surface area (Å²) >= 11 is 6.21. The zero-order valence-electron chi connectivity index (χ0n) is 8.09. The van der Waals surface area contributed by atoms with Crippen molar-refractivity contribution < 1.29 is 9.18 Å². The van der Waals surface area contributed by atoms with Crippen LogP contribution >= 0.6 is 24.0 Å². The van der Waals surface area contributed by atoms with Gasteiger partial charge in [-0.2, -0.15) is 10.1 Å². The molecule has 1 heterocycles. The average molecular weight is 254 g/mol. The molecule has 1 saturated heterocycles. The number of hydrogen-bond acceptors (Lipinski definition) is 4. The normalized spacial score (nSPS) is 16.4. The highest BCUT2D eigenvalue weighted by molar-refractivity contribution is 8.23. The van der Waals surface area contributed by atoms with Crippen LogP contribution in [0.15, 0.2) is 29.4 Å². The second-order valence-corrected chi connectivity index (χ2v) is 4.67. The van der Waals surface area contributed by atoms with E-state index in [4.69, 9.17) is 12.2 Å². The molecular formula is C10H7FN2OS2. The van der Waals surface area contributed by atoms with Gasteiger partial charge in [-0.05, 0) is 17.7 Å². The summed E-state index contributed by atoms with van der Waals surface area (Å²) in [5, 5.41) is 5.08. The maximum Gasteiger partial charge on any atom is 0.259 e. The van der Waals surface area contributed by atoms with Gasteiger partial charge in [0.25, 0.3) is 5.91 Å². The number of carbonyl (C=O) groups excluding carboxylic acids is 1. The Hall–Kier alpha value is -1.27. The number of amides is 1. The largest absolute Gasteiger partial charge is 0.272 e. The minimum atomic E-state index is -0.339. The van der Waals surface area contributed by atoms with Gasteiger partial charge in [-0.1, -0.05) is 36.1 Å². The van der Waals surface area contributed by atoms with E-state index in [9.17, 15) is 9.18 Å². The van der Waals surface area contributed by atoms with E-state index in [-0.39, 0.29) is 11.7 Å². The minimum Gasteiger partial charge on any atom is -0.272 e. The van der Waals surface area contributed by atoms with Crippen LogP contribution in [0.2, 0.25) is 0 Å². The van der Waals surface area contributed by atoms with Crippen LogP contribution in [0.25, 0.3) is 0 Å². The molecule has 0 saturated carbocycles. The third kappa shape index (κ3) is 2.45. The van der Waals surface area contributed by atoms with Gasteiger partial charge >= 0.3 is 0 Å². The van der Waals surface area contributed by atoms with Crippen molar-refractivity contribution in [2.45, 2.75) is 0 Å². The van der Waals surface area contributed by atoms with Crippen LogP contribution in [-0.4, -0.2) is 27.2 Å². The van der Waals surface area contributed by atoms with E-state index in [0.717, 1.165) is 5.01 Å². The van der Waals surface area contributed by atoms with Crippen molar-refractivity contribution in [1.82, 2.24) is 5.01 Å². The molecule has 1 amide bonds. The molecule has 0 radical (unpaired) electrons. The number of rotatable bonds is 2. The van der Waals surface area contributed by atoms with Gasteiger partial charge in [-0.3, -0.25) is 4.79 Å². The molecule has 0 spiro atoms. The van der Waals surface area contributed by atoms with E-state index < -0.39 is 0 Å². The summed E-state index contributed by atoms with van der Waals surface area (Å²) in [5.41, 5.74) is 0.590. The van der Waals surface area contributed by atoms with Gasteiger partial charge in [0, 0.05) is 0 Å². The number of benzene rings is 1. The van der Waals surface area contributed by atoms with Crippen molar-refractivity contribution in [2.24, 2.45) is 5.10 Å². The first-order chi connectivity index (χ1) is 7.66. The standard InChI is InChI=1S/C10H7FN2OS2/c11-8-3-1-2-7(4-8)5-12-13-9(14)6-16-10(13)15/h1-5H,6H2/b12-5+. The second-order valence-electron chi connectivity index (χ2n) is 3.06. The zero-order valence-corrected chi connectivity index (χ0v) is 9.72. The molecule has 0 N–H and O–H groups in total. The average Bonchev–Trinajstić information content (AvgIpc) is 2.56. The molecule has 0 bridgehead atoms. The van der Waals surface area contributed by atoms with Gasteiger partial charge in [-0.25, -0.2) is 4.39 Å². The van der Waals surface area contributed by atoms with E-state index >= 15 is 0 Å². The van der Waals surface area contributed by atoms with Crippen molar-refractivity contribution in [3.05, 3.63) is 35.6 Å². The maximum atomic E-state index is 12.8. The van der Waals surface area contributed by atoms with Gasteiger partial charge in [0.1, 0.15) is 5.82 Å². The summed E-state index contributed by atoms with van der Waals surface area (Å²) < 4.78 is 13.3. The number of thiocarbonyl (C=S) groups is 1. The number of thioether (sulfide) groups is 1. The molecule has 82 valence electrons. The fourth-order valence-corrected chi connectivity index (χ4v) is 2.14. The molecule has 16 heavy (non-hydrogen) atoms. The fraction of sp³-hybridized carbons (Fsp3) is 0.100. The van der Waals surface area contributed by atoms with Crippen molar-refractivity contribution in [1.29, 1.82) is 0 Å². The predicted molar refractivity (Wildman–Crippen MR) is 65.9 cm³/mol. The molecule has 0 atom stereocenters. The van der Waals surface area contributed by atoms with Crippen LogP contribution in [0.4, 0.5) is 4.39 Å². The number of hydrazone groups is 1. The summed E-state index contributed by atoms with van der Waals surface area (Å²) in [4.78, 5) is 11.3. The molecule has 1 fully saturated rings. The van der Waals surface area contributed by atoms with E-state index in [2.05, 4.69) is 5.10 Å². The van der Waals surface area contributed by atoms with Gasteiger partial charge < -0.3 is 0 Å². The van der Waals surface area contributed by atoms with Gasteiger partial charge in [0.05, 0.1) is 12.0 Å². The Morgan fingerprint density at radius 2 is 2.38 bits per heavy atom. The molecule has 1 aliphatic heterocycles. The Morgan fingerprint density at radius 1 is 1.56 bits per heavy atom. The SMILES string of the molecule is O=C1CSC(=S)N1/N=C/c1cccc(F)c1. The van der Waals surface area contributed by atoms with Gasteiger partial charge in [0.2, 0.25) is 0 Å². The third-order valence-electron chi connectivity index (χ3n) is 1.90. The molecule has 0 unspecified atom stereocenters. The summed E-state index contributed by atoms with van der Waals surface area (Å²) in [7, 11) is 0. The van der Waals surface area contributed by atoms with Crippen molar-refractivity contribution in [3.8, 4) is 0 Å². The lowest BCUT2D eigenvalue weighted by atomic mass is 10.2. The fourth-order valence-electron chi connectivity index (χ4n) is 1.17.